The maximum absolute atomic E-state index is 15.3. The fraction of sp³-hybridized carbons (Fsp3) is 0.276. The monoisotopic (exact) mass is 515 g/mol. The molecular formula is C29H26FN3O3S. The molecule has 1 N–H and O–H groups in total. The molecule has 6 rings (SSSR count). The van der Waals surface area contributed by atoms with Crippen molar-refractivity contribution in [1.29, 1.82) is 0 Å². The Bertz CT molecular complexity index is 1520. The quantitative estimate of drug-likeness (QED) is 0.295. The van der Waals surface area contributed by atoms with Gasteiger partial charge in [-0.05, 0) is 59.9 Å². The van der Waals surface area contributed by atoms with E-state index in [0.717, 1.165) is 46.2 Å². The molecule has 1 aliphatic carbocycles. The van der Waals surface area contributed by atoms with Gasteiger partial charge in [-0.3, -0.25) is 9.59 Å². The van der Waals surface area contributed by atoms with Crippen LogP contribution in [0.15, 0.2) is 60.7 Å². The van der Waals surface area contributed by atoms with Crippen molar-refractivity contribution in [2.75, 3.05) is 17.3 Å². The second-order valence-electron chi connectivity index (χ2n) is 9.77. The van der Waals surface area contributed by atoms with E-state index in [0.29, 0.717) is 16.5 Å². The van der Waals surface area contributed by atoms with E-state index in [-0.39, 0.29) is 35.6 Å². The van der Waals surface area contributed by atoms with Gasteiger partial charge in [-0.2, -0.15) is 0 Å². The number of benzene rings is 3. The lowest BCUT2D eigenvalue weighted by Crippen LogP contribution is -2.10. The molecule has 8 heteroatoms. The summed E-state index contributed by atoms with van der Waals surface area (Å²) in [5.41, 5.74) is 4.58. The molecule has 1 saturated carbocycles. The molecule has 2 heterocycles. The third-order valence-corrected chi connectivity index (χ3v) is 8.46. The summed E-state index contributed by atoms with van der Waals surface area (Å²) in [5.74, 6) is -0.244. The number of nitrogens with one attached hydrogen (secondary N) is 1. The number of amides is 1. The van der Waals surface area contributed by atoms with E-state index in [2.05, 4.69) is 10.3 Å². The standard InChI is InChI=1S/C29H26FN3O3S/c1-16(34)31-20-11-12-24-26(15-20)37-29(32-24)33(2)25-13-10-19(14-23(25)30)17-6-8-18(9-7-17)27-21-4-3-5-22(21)28(35)36-27/h6-15,21-22,27H,3-5H2,1-2H3,(H,31,34). The van der Waals surface area contributed by atoms with Crippen molar-refractivity contribution in [2.24, 2.45) is 11.8 Å². The molecule has 0 bridgehead atoms. The van der Waals surface area contributed by atoms with Gasteiger partial charge in [-0.15, -0.1) is 0 Å². The van der Waals surface area contributed by atoms with E-state index in [9.17, 15) is 9.59 Å². The first-order valence-electron chi connectivity index (χ1n) is 12.4. The number of thiazole rings is 1. The molecule has 1 aromatic heterocycles. The summed E-state index contributed by atoms with van der Waals surface area (Å²) in [5, 5.41) is 3.43. The smallest absolute Gasteiger partial charge is 0.309 e. The SMILES string of the molecule is CC(=O)Nc1ccc2nc(N(C)c3ccc(-c4ccc(C5OC(=O)C6CCCC65)cc4)cc3F)sc2c1. The Labute approximate surface area is 218 Å². The van der Waals surface area contributed by atoms with E-state index in [1.165, 1.54) is 24.3 Å². The Morgan fingerprint density at radius 1 is 1.08 bits per heavy atom. The molecule has 0 spiro atoms. The topological polar surface area (TPSA) is 71.5 Å². The molecule has 6 nitrogen and oxygen atoms in total. The number of hydrogen-bond acceptors (Lipinski definition) is 6. The van der Waals surface area contributed by atoms with Gasteiger partial charge in [0.1, 0.15) is 11.9 Å². The number of aromatic nitrogens is 1. The van der Waals surface area contributed by atoms with E-state index in [1.54, 1.807) is 24.1 Å². The Morgan fingerprint density at radius 2 is 1.86 bits per heavy atom. The highest BCUT2D eigenvalue weighted by atomic mass is 32.1. The van der Waals surface area contributed by atoms with Crippen LogP contribution in [0, 0.1) is 17.7 Å². The highest BCUT2D eigenvalue weighted by molar-refractivity contribution is 7.22. The molecule has 1 amide bonds. The number of esters is 1. The largest absolute Gasteiger partial charge is 0.457 e. The Morgan fingerprint density at radius 3 is 2.62 bits per heavy atom. The van der Waals surface area contributed by atoms with Crippen LogP contribution in [0.5, 0.6) is 0 Å². The lowest BCUT2D eigenvalue weighted by Gasteiger charge is -2.18. The van der Waals surface area contributed by atoms with E-state index < -0.39 is 0 Å². The summed E-state index contributed by atoms with van der Waals surface area (Å²) < 4.78 is 21.9. The number of carbonyl (C=O) groups excluding carboxylic acids is 2. The minimum atomic E-state index is -0.346. The Balaban J connectivity index is 1.22. The maximum atomic E-state index is 15.3. The van der Waals surface area contributed by atoms with Crippen molar-refractivity contribution in [3.63, 3.8) is 0 Å². The molecule has 1 aliphatic heterocycles. The highest BCUT2D eigenvalue weighted by Crippen LogP contribution is 2.48. The summed E-state index contributed by atoms with van der Waals surface area (Å²) in [6, 6.07) is 18.6. The van der Waals surface area contributed by atoms with E-state index >= 15 is 4.39 Å². The van der Waals surface area contributed by atoms with Crippen LogP contribution in [0.2, 0.25) is 0 Å². The molecule has 4 aromatic rings. The molecule has 188 valence electrons. The number of fused-ring (bicyclic) bond motifs is 2. The van der Waals surface area contributed by atoms with Crippen LogP contribution in [0.25, 0.3) is 21.3 Å². The van der Waals surface area contributed by atoms with Crippen molar-refractivity contribution in [2.45, 2.75) is 32.3 Å². The number of halogens is 1. The van der Waals surface area contributed by atoms with Crippen molar-refractivity contribution in [3.05, 3.63) is 72.0 Å². The van der Waals surface area contributed by atoms with Crippen LogP contribution in [-0.2, 0) is 14.3 Å². The molecule has 2 aliphatic rings. The number of nitrogens with zero attached hydrogens (tertiary/aromatic N) is 2. The number of cyclic esters (lactones) is 1. The summed E-state index contributed by atoms with van der Waals surface area (Å²) >= 11 is 1.43. The molecule has 37 heavy (non-hydrogen) atoms. The Kier molecular flexibility index (Phi) is 5.91. The van der Waals surface area contributed by atoms with Crippen LogP contribution >= 0.6 is 11.3 Å². The number of hydrogen-bond donors (Lipinski definition) is 1. The molecule has 3 unspecified atom stereocenters. The summed E-state index contributed by atoms with van der Waals surface area (Å²) in [6.07, 6.45) is 2.85. The molecule has 0 radical (unpaired) electrons. The second-order valence-corrected chi connectivity index (χ2v) is 10.8. The average Bonchev–Trinajstić information content (AvgIpc) is 3.60. The van der Waals surface area contributed by atoms with Gasteiger partial charge in [0.25, 0.3) is 0 Å². The molecule has 3 atom stereocenters. The minimum absolute atomic E-state index is 0.0398. The third kappa shape index (κ3) is 4.35. The van der Waals surface area contributed by atoms with Crippen LogP contribution in [0.4, 0.5) is 20.9 Å². The fourth-order valence-electron chi connectivity index (χ4n) is 5.52. The van der Waals surface area contributed by atoms with E-state index in [1.807, 2.05) is 42.5 Å². The minimum Gasteiger partial charge on any atom is -0.457 e. The van der Waals surface area contributed by atoms with Gasteiger partial charge >= 0.3 is 5.97 Å². The van der Waals surface area contributed by atoms with Gasteiger partial charge in [0.15, 0.2) is 5.13 Å². The molecular weight excluding hydrogens is 489 g/mol. The first-order valence-corrected chi connectivity index (χ1v) is 13.2. The lowest BCUT2D eigenvalue weighted by molar-refractivity contribution is -0.144. The van der Waals surface area contributed by atoms with Crippen molar-refractivity contribution in [1.82, 2.24) is 4.98 Å². The zero-order valence-corrected chi connectivity index (χ0v) is 21.3. The van der Waals surface area contributed by atoms with Crippen LogP contribution in [0.3, 0.4) is 0 Å². The summed E-state index contributed by atoms with van der Waals surface area (Å²) in [6.45, 7) is 1.47. The predicted molar refractivity (Wildman–Crippen MR) is 143 cm³/mol. The predicted octanol–water partition coefficient (Wildman–Crippen LogP) is 6.84. The van der Waals surface area contributed by atoms with Gasteiger partial charge in [-0.25, -0.2) is 9.37 Å². The fourth-order valence-corrected chi connectivity index (χ4v) is 6.50. The molecule has 3 aromatic carbocycles. The van der Waals surface area contributed by atoms with E-state index in [4.69, 9.17) is 4.74 Å². The van der Waals surface area contributed by atoms with Crippen LogP contribution < -0.4 is 10.2 Å². The lowest BCUT2D eigenvalue weighted by atomic mass is 9.89. The molecule has 1 saturated heterocycles. The van der Waals surface area contributed by atoms with Crippen molar-refractivity contribution < 1.29 is 18.7 Å². The maximum Gasteiger partial charge on any atom is 0.309 e. The number of ether oxygens (including phenoxy) is 1. The first-order chi connectivity index (χ1) is 17.9. The number of anilines is 3. The van der Waals surface area contributed by atoms with Gasteiger partial charge in [-0.1, -0.05) is 48.1 Å². The number of carbonyl (C=O) groups is 2. The van der Waals surface area contributed by atoms with Gasteiger partial charge in [0.2, 0.25) is 5.91 Å². The number of rotatable bonds is 5. The normalized spacial score (nSPS) is 20.6. The molecule has 2 fully saturated rings. The average molecular weight is 516 g/mol. The summed E-state index contributed by atoms with van der Waals surface area (Å²) in [4.78, 5) is 29.9. The van der Waals surface area contributed by atoms with Crippen molar-refractivity contribution in [3.8, 4) is 11.1 Å². The highest BCUT2D eigenvalue weighted by Gasteiger charge is 2.47. The Hall–Kier alpha value is -3.78. The first kappa shape index (κ1) is 23.6. The zero-order valence-electron chi connectivity index (χ0n) is 20.5. The zero-order chi connectivity index (χ0) is 25.7. The summed E-state index contributed by atoms with van der Waals surface area (Å²) in [7, 11) is 1.79. The van der Waals surface area contributed by atoms with Crippen molar-refractivity contribution >= 4 is 49.9 Å². The van der Waals surface area contributed by atoms with Gasteiger partial charge in [0.05, 0.1) is 21.8 Å². The van der Waals surface area contributed by atoms with Crippen LogP contribution in [-0.4, -0.2) is 23.9 Å². The third-order valence-electron chi connectivity index (χ3n) is 7.37. The second kappa shape index (κ2) is 9.27. The van der Waals surface area contributed by atoms with Gasteiger partial charge in [0, 0.05) is 25.6 Å². The van der Waals surface area contributed by atoms with Gasteiger partial charge < -0.3 is 15.0 Å². The van der Waals surface area contributed by atoms with Crippen LogP contribution in [0.1, 0.15) is 37.9 Å².